The van der Waals surface area contributed by atoms with Gasteiger partial charge in [0.2, 0.25) is 0 Å². The van der Waals surface area contributed by atoms with Crippen molar-refractivity contribution in [2.75, 3.05) is 7.11 Å². The Morgan fingerprint density at radius 3 is 2.17 bits per heavy atom. The van der Waals surface area contributed by atoms with Gasteiger partial charge < -0.3 is 9.47 Å². The second kappa shape index (κ2) is 7.55. The van der Waals surface area contributed by atoms with Gasteiger partial charge in [0, 0.05) is 14.1 Å². The van der Waals surface area contributed by atoms with Crippen LogP contribution < -0.4 is 20.7 Å². The summed E-state index contributed by atoms with van der Waals surface area (Å²) >= 11 is 0. The predicted molar refractivity (Wildman–Crippen MR) is 114 cm³/mol. The first kappa shape index (κ1) is 19.5. The van der Waals surface area contributed by atoms with Crippen LogP contribution in [0.4, 0.5) is 0 Å². The Morgan fingerprint density at radius 2 is 1.53 bits per heavy atom. The van der Waals surface area contributed by atoms with E-state index in [0.29, 0.717) is 17.8 Å². The van der Waals surface area contributed by atoms with Crippen LogP contribution >= 0.6 is 0 Å². The number of aromatic nitrogens is 4. The summed E-state index contributed by atoms with van der Waals surface area (Å²) in [5.74, 6) is 1.33. The largest absolute Gasteiger partial charge is 0.497 e. The Balaban J connectivity index is 1.90. The first-order valence-electron chi connectivity index (χ1n) is 9.42. The third kappa shape index (κ3) is 3.36. The highest BCUT2D eigenvalue weighted by molar-refractivity contribution is 5.72. The van der Waals surface area contributed by atoms with Crippen molar-refractivity contribution in [2.24, 2.45) is 14.1 Å². The van der Waals surface area contributed by atoms with E-state index in [1.807, 2.05) is 55.5 Å². The lowest BCUT2D eigenvalue weighted by molar-refractivity contribution is 0.414. The summed E-state index contributed by atoms with van der Waals surface area (Å²) < 4.78 is 15.4. The lowest BCUT2D eigenvalue weighted by Gasteiger charge is -2.11. The molecule has 30 heavy (non-hydrogen) atoms. The summed E-state index contributed by atoms with van der Waals surface area (Å²) in [4.78, 5) is 29.8. The molecule has 0 fully saturated rings. The van der Waals surface area contributed by atoms with E-state index in [9.17, 15) is 9.59 Å². The van der Waals surface area contributed by atoms with Gasteiger partial charge in [-0.3, -0.25) is 18.5 Å². The molecule has 0 aliphatic heterocycles. The van der Waals surface area contributed by atoms with Crippen LogP contribution in [0.15, 0.2) is 58.1 Å². The molecular weight excluding hydrogens is 384 g/mol. The average Bonchev–Trinajstić information content (AvgIpc) is 3.11. The van der Waals surface area contributed by atoms with E-state index >= 15 is 0 Å². The normalized spacial score (nSPS) is 11.1. The lowest BCUT2D eigenvalue weighted by Crippen LogP contribution is -2.37. The zero-order valence-corrected chi connectivity index (χ0v) is 17.2. The Kier molecular flexibility index (Phi) is 4.91. The summed E-state index contributed by atoms with van der Waals surface area (Å²) in [6, 6.07) is 15.3. The van der Waals surface area contributed by atoms with Crippen LogP contribution in [-0.4, -0.2) is 25.8 Å². The van der Waals surface area contributed by atoms with Gasteiger partial charge in [-0.25, -0.2) is 4.79 Å². The van der Waals surface area contributed by atoms with Crippen LogP contribution in [0.25, 0.3) is 11.2 Å². The standard InChI is InChI=1S/C22H22N4O4/c1-14-5-9-17(10-6-14)30-21-23-19-18(20(27)25(3)22(28)24(19)2)26(21)13-15-7-11-16(29-4)12-8-15/h5-12H,13H2,1-4H3. The molecule has 154 valence electrons. The molecule has 2 aromatic heterocycles. The molecule has 4 rings (SSSR count). The summed E-state index contributed by atoms with van der Waals surface area (Å²) in [5, 5.41) is 0. The number of nitrogens with zero attached hydrogens (tertiary/aromatic N) is 4. The first-order chi connectivity index (χ1) is 14.4. The second-order valence-electron chi connectivity index (χ2n) is 7.12. The summed E-state index contributed by atoms with van der Waals surface area (Å²) in [5.41, 5.74) is 1.75. The molecule has 0 saturated heterocycles. The van der Waals surface area contributed by atoms with Crippen molar-refractivity contribution < 1.29 is 9.47 Å². The van der Waals surface area contributed by atoms with Crippen molar-refractivity contribution in [3.8, 4) is 17.5 Å². The lowest BCUT2D eigenvalue weighted by atomic mass is 10.2. The van der Waals surface area contributed by atoms with Crippen LogP contribution in [0.1, 0.15) is 11.1 Å². The zero-order valence-electron chi connectivity index (χ0n) is 17.2. The Bertz CT molecular complexity index is 1330. The van der Waals surface area contributed by atoms with Crippen LogP contribution in [0.2, 0.25) is 0 Å². The number of benzene rings is 2. The molecule has 0 spiro atoms. The smallest absolute Gasteiger partial charge is 0.332 e. The van der Waals surface area contributed by atoms with E-state index in [4.69, 9.17) is 9.47 Å². The first-order valence-corrected chi connectivity index (χ1v) is 9.42. The van der Waals surface area contributed by atoms with Gasteiger partial charge in [-0.15, -0.1) is 0 Å². The molecule has 0 atom stereocenters. The molecule has 2 aromatic carbocycles. The third-order valence-corrected chi connectivity index (χ3v) is 5.04. The molecule has 0 aliphatic rings. The van der Waals surface area contributed by atoms with Crippen molar-refractivity contribution in [1.29, 1.82) is 0 Å². The van der Waals surface area contributed by atoms with Crippen molar-refractivity contribution >= 4 is 11.2 Å². The molecule has 4 aromatic rings. The molecule has 0 radical (unpaired) electrons. The monoisotopic (exact) mass is 406 g/mol. The third-order valence-electron chi connectivity index (χ3n) is 5.04. The minimum atomic E-state index is -0.441. The maximum Gasteiger partial charge on any atom is 0.332 e. The van der Waals surface area contributed by atoms with Gasteiger partial charge in [-0.1, -0.05) is 29.8 Å². The quantitative estimate of drug-likeness (QED) is 0.509. The number of ether oxygens (including phenoxy) is 2. The van der Waals surface area contributed by atoms with Gasteiger partial charge in [0.1, 0.15) is 11.5 Å². The van der Waals surface area contributed by atoms with Gasteiger partial charge in [-0.05, 0) is 36.8 Å². The van der Waals surface area contributed by atoms with Gasteiger partial charge in [0.15, 0.2) is 11.2 Å². The van der Waals surface area contributed by atoms with E-state index < -0.39 is 11.2 Å². The Hall–Kier alpha value is -3.81. The van der Waals surface area contributed by atoms with Crippen molar-refractivity contribution in [2.45, 2.75) is 13.5 Å². The van der Waals surface area contributed by atoms with E-state index in [-0.39, 0.29) is 11.7 Å². The minimum absolute atomic E-state index is 0.239. The van der Waals surface area contributed by atoms with Gasteiger partial charge in [-0.2, -0.15) is 4.98 Å². The summed E-state index contributed by atoms with van der Waals surface area (Å²) in [6.07, 6.45) is 0. The van der Waals surface area contributed by atoms with E-state index in [0.717, 1.165) is 21.4 Å². The highest BCUT2D eigenvalue weighted by atomic mass is 16.5. The number of hydrogen-bond donors (Lipinski definition) is 0. The summed E-state index contributed by atoms with van der Waals surface area (Å²) in [7, 11) is 4.65. The van der Waals surface area contributed by atoms with Crippen LogP contribution in [0, 0.1) is 6.92 Å². The predicted octanol–water partition coefficient (Wildman–Crippen LogP) is 2.59. The van der Waals surface area contributed by atoms with E-state index in [1.54, 1.807) is 18.7 Å². The molecule has 0 aliphatic carbocycles. The maximum absolute atomic E-state index is 12.9. The fraction of sp³-hybridized carbons (Fsp3) is 0.227. The number of imidazole rings is 1. The highest BCUT2D eigenvalue weighted by Crippen LogP contribution is 2.25. The van der Waals surface area contributed by atoms with E-state index in [1.165, 1.54) is 11.6 Å². The van der Waals surface area contributed by atoms with E-state index in [2.05, 4.69) is 4.98 Å². The molecule has 0 unspecified atom stereocenters. The second-order valence-corrected chi connectivity index (χ2v) is 7.12. The van der Waals surface area contributed by atoms with Crippen LogP contribution in [0.5, 0.6) is 17.5 Å². The molecule has 0 bridgehead atoms. The minimum Gasteiger partial charge on any atom is -0.497 e. The zero-order chi connectivity index (χ0) is 21.4. The molecule has 2 heterocycles. The van der Waals surface area contributed by atoms with Crippen molar-refractivity contribution in [1.82, 2.24) is 18.7 Å². The van der Waals surface area contributed by atoms with Crippen LogP contribution in [-0.2, 0) is 20.6 Å². The van der Waals surface area contributed by atoms with Gasteiger partial charge >= 0.3 is 11.7 Å². The molecule has 0 N–H and O–H groups in total. The summed E-state index contributed by atoms with van der Waals surface area (Å²) in [6.45, 7) is 2.33. The fourth-order valence-corrected chi connectivity index (χ4v) is 3.28. The van der Waals surface area contributed by atoms with Crippen LogP contribution in [0.3, 0.4) is 0 Å². The Morgan fingerprint density at radius 1 is 0.900 bits per heavy atom. The molecule has 8 heteroatoms. The van der Waals surface area contributed by atoms with Gasteiger partial charge in [0.25, 0.3) is 5.56 Å². The number of aryl methyl sites for hydroxylation is 2. The highest BCUT2D eigenvalue weighted by Gasteiger charge is 2.21. The average molecular weight is 406 g/mol. The maximum atomic E-state index is 12.9. The fourth-order valence-electron chi connectivity index (χ4n) is 3.28. The van der Waals surface area contributed by atoms with Crippen molar-refractivity contribution in [3.05, 3.63) is 80.5 Å². The molecule has 0 saturated carbocycles. The number of fused-ring (bicyclic) bond motifs is 1. The Labute approximate surface area is 172 Å². The number of hydrogen-bond acceptors (Lipinski definition) is 5. The number of rotatable bonds is 5. The molecule has 0 amide bonds. The van der Waals surface area contributed by atoms with Crippen molar-refractivity contribution in [3.63, 3.8) is 0 Å². The van der Waals surface area contributed by atoms with Gasteiger partial charge in [0.05, 0.1) is 13.7 Å². The number of methoxy groups -OCH3 is 1. The topological polar surface area (TPSA) is 80.3 Å². The molecule has 8 nitrogen and oxygen atoms in total. The SMILES string of the molecule is COc1ccc(Cn2c(Oc3ccc(C)cc3)nc3c2c(=O)n(C)c(=O)n3C)cc1. The molecular formula is C22H22N4O4.